The van der Waals surface area contributed by atoms with Crippen LogP contribution < -0.4 is 9.62 Å². The smallest absolute Gasteiger partial charge is 0.232 e. The Morgan fingerprint density at radius 2 is 1.82 bits per heavy atom. The molecule has 28 heavy (non-hydrogen) atoms. The molecule has 0 atom stereocenters. The number of carbonyl (C=O) groups is 1. The van der Waals surface area contributed by atoms with Gasteiger partial charge in [0.15, 0.2) is 0 Å². The Bertz CT molecular complexity index is 769. The van der Waals surface area contributed by atoms with Gasteiger partial charge in [-0.05, 0) is 55.9 Å². The molecular weight excluding hydrogens is 374 g/mol. The fraction of sp³-hybridized carbons (Fsp3) is 0.667. The lowest BCUT2D eigenvalue weighted by molar-refractivity contribution is -0.137. The molecule has 1 aromatic rings. The summed E-state index contributed by atoms with van der Waals surface area (Å²) in [5.41, 5.74) is 2.52. The van der Waals surface area contributed by atoms with Crippen LogP contribution in [0, 0.1) is 5.92 Å². The highest BCUT2D eigenvalue weighted by molar-refractivity contribution is 7.92. The van der Waals surface area contributed by atoms with Crippen LogP contribution in [0.15, 0.2) is 18.2 Å². The molecule has 0 saturated heterocycles. The molecule has 0 radical (unpaired) electrons. The average molecular weight is 410 g/mol. The first kappa shape index (κ1) is 22.5. The Morgan fingerprint density at radius 1 is 1.18 bits per heavy atom. The highest BCUT2D eigenvalue weighted by Crippen LogP contribution is 2.33. The van der Waals surface area contributed by atoms with Gasteiger partial charge in [-0.15, -0.1) is 0 Å². The highest BCUT2D eigenvalue weighted by atomic mass is 32.2. The second kappa shape index (κ2) is 9.63. The van der Waals surface area contributed by atoms with E-state index in [1.54, 1.807) is 6.07 Å². The molecule has 0 aromatic heterocycles. The maximum atomic E-state index is 13.1. The molecular formula is C21H35N3O3S. The van der Waals surface area contributed by atoms with Crippen LogP contribution in [0.25, 0.3) is 0 Å². The van der Waals surface area contributed by atoms with Gasteiger partial charge in [0, 0.05) is 44.0 Å². The molecule has 6 nitrogen and oxygen atoms in total. The van der Waals surface area contributed by atoms with Gasteiger partial charge in [0.1, 0.15) is 0 Å². The molecule has 7 heteroatoms. The van der Waals surface area contributed by atoms with Crippen LogP contribution in [0.4, 0.5) is 11.4 Å². The zero-order chi connectivity index (χ0) is 20.9. The first-order valence-electron chi connectivity index (χ1n) is 10.3. The molecule has 1 aromatic carbocycles. The van der Waals surface area contributed by atoms with Gasteiger partial charge in [-0.2, -0.15) is 0 Å². The Hall–Kier alpha value is -1.76. The standard InChI is InChI=1S/C21H35N3O3S/c1-6-13-28(26,27)22-18-9-12-20(23(4)5)17(14-18)15-24(19-10-11-19)21(25)16(7-2)8-3/h9,12,14,16,19,22H,6-8,10-11,13,15H2,1-5H3. The number of carbonyl (C=O) groups excluding carboxylic acids is 1. The van der Waals surface area contributed by atoms with E-state index in [0.717, 1.165) is 36.9 Å². The molecule has 0 unspecified atom stereocenters. The van der Waals surface area contributed by atoms with Gasteiger partial charge in [-0.3, -0.25) is 9.52 Å². The van der Waals surface area contributed by atoms with Crippen LogP contribution in [-0.2, 0) is 21.4 Å². The molecule has 1 fully saturated rings. The Kier molecular flexibility index (Phi) is 7.75. The Morgan fingerprint density at radius 3 is 2.32 bits per heavy atom. The summed E-state index contributed by atoms with van der Waals surface area (Å²) in [5, 5.41) is 0. The van der Waals surface area contributed by atoms with E-state index in [1.807, 2.05) is 43.0 Å². The molecule has 1 aliphatic carbocycles. The number of nitrogens with one attached hydrogen (secondary N) is 1. The average Bonchev–Trinajstić information content (AvgIpc) is 3.45. The van der Waals surface area contributed by atoms with Crippen LogP contribution in [-0.4, -0.2) is 45.1 Å². The number of hydrogen-bond acceptors (Lipinski definition) is 4. The van der Waals surface area contributed by atoms with Crippen molar-refractivity contribution in [2.45, 2.75) is 65.5 Å². The zero-order valence-corrected chi connectivity index (χ0v) is 18.7. The van der Waals surface area contributed by atoms with Crippen molar-refractivity contribution in [2.75, 3.05) is 29.5 Å². The number of amides is 1. The molecule has 1 aliphatic rings. The number of rotatable bonds is 11. The molecule has 0 bridgehead atoms. The lowest BCUT2D eigenvalue weighted by Crippen LogP contribution is -2.37. The third-order valence-corrected chi connectivity index (χ3v) is 6.75. The van der Waals surface area contributed by atoms with E-state index in [9.17, 15) is 13.2 Å². The van der Waals surface area contributed by atoms with Crippen molar-refractivity contribution in [3.05, 3.63) is 23.8 Å². The molecule has 1 amide bonds. The number of hydrogen-bond donors (Lipinski definition) is 1. The second-order valence-electron chi connectivity index (χ2n) is 7.87. The van der Waals surface area contributed by atoms with Crippen LogP contribution in [0.3, 0.4) is 0 Å². The van der Waals surface area contributed by atoms with E-state index in [1.165, 1.54) is 0 Å². The Labute approximate surface area is 170 Å². The maximum Gasteiger partial charge on any atom is 0.232 e. The van der Waals surface area contributed by atoms with Gasteiger partial charge < -0.3 is 9.80 Å². The summed E-state index contributed by atoms with van der Waals surface area (Å²) < 4.78 is 27.0. The summed E-state index contributed by atoms with van der Waals surface area (Å²) in [6, 6.07) is 5.89. The number of sulfonamides is 1. The third kappa shape index (κ3) is 5.87. The van der Waals surface area contributed by atoms with Crippen molar-refractivity contribution in [2.24, 2.45) is 5.92 Å². The number of nitrogens with zero attached hydrogens (tertiary/aromatic N) is 2. The molecule has 2 rings (SSSR count). The predicted octanol–water partition coefficient (Wildman–Crippen LogP) is 3.83. The van der Waals surface area contributed by atoms with E-state index < -0.39 is 10.0 Å². The predicted molar refractivity (Wildman–Crippen MR) is 116 cm³/mol. The van der Waals surface area contributed by atoms with Gasteiger partial charge in [-0.1, -0.05) is 20.8 Å². The third-order valence-electron chi connectivity index (χ3n) is 5.25. The SMILES string of the molecule is CCCS(=O)(=O)Nc1ccc(N(C)C)c(CN(C(=O)C(CC)CC)C2CC2)c1. The fourth-order valence-corrected chi connectivity index (χ4v) is 4.67. The summed E-state index contributed by atoms with van der Waals surface area (Å²) >= 11 is 0. The lowest BCUT2D eigenvalue weighted by Gasteiger charge is -2.29. The Balaban J connectivity index is 2.32. The van der Waals surface area contributed by atoms with Crippen LogP contribution in [0.2, 0.25) is 0 Å². The minimum absolute atomic E-state index is 0.0506. The van der Waals surface area contributed by atoms with Crippen molar-refractivity contribution in [3.63, 3.8) is 0 Å². The van der Waals surface area contributed by atoms with Gasteiger partial charge in [0.2, 0.25) is 15.9 Å². The van der Waals surface area contributed by atoms with Crippen LogP contribution in [0.1, 0.15) is 58.4 Å². The fourth-order valence-electron chi connectivity index (χ4n) is 3.54. The summed E-state index contributed by atoms with van der Waals surface area (Å²) in [7, 11) is 0.576. The molecule has 158 valence electrons. The van der Waals surface area contributed by atoms with Gasteiger partial charge >= 0.3 is 0 Å². The van der Waals surface area contributed by atoms with Crippen LogP contribution in [0.5, 0.6) is 0 Å². The summed E-state index contributed by atoms with van der Waals surface area (Å²) in [6.07, 6.45) is 4.35. The van der Waals surface area contributed by atoms with Crippen molar-refractivity contribution in [1.82, 2.24) is 4.90 Å². The van der Waals surface area contributed by atoms with Gasteiger partial charge in [0.05, 0.1) is 5.75 Å². The largest absolute Gasteiger partial charge is 0.377 e. The van der Waals surface area contributed by atoms with Crippen molar-refractivity contribution in [1.29, 1.82) is 0 Å². The first-order valence-corrected chi connectivity index (χ1v) is 12.0. The van der Waals surface area contributed by atoms with Crippen LogP contribution >= 0.6 is 0 Å². The van der Waals surface area contributed by atoms with Gasteiger partial charge in [-0.25, -0.2) is 8.42 Å². The van der Waals surface area contributed by atoms with Gasteiger partial charge in [0.25, 0.3) is 0 Å². The number of benzene rings is 1. The quantitative estimate of drug-likeness (QED) is 0.603. The first-order chi connectivity index (χ1) is 13.2. The zero-order valence-electron chi connectivity index (χ0n) is 17.9. The summed E-state index contributed by atoms with van der Waals surface area (Å²) in [5.74, 6) is 0.364. The van der Waals surface area contributed by atoms with E-state index in [4.69, 9.17) is 0 Å². The summed E-state index contributed by atoms with van der Waals surface area (Å²) in [6.45, 7) is 6.48. The van der Waals surface area contributed by atoms with E-state index in [2.05, 4.69) is 18.6 Å². The van der Waals surface area contributed by atoms with E-state index >= 15 is 0 Å². The molecule has 0 heterocycles. The molecule has 1 saturated carbocycles. The lowest BCUT2D eigenvalue weighted by atomic mass is 10.0. The van der Waals surface area contributed by atoms with Crippen molar-refractivity contribution in [3.8, 4) is 0 Å². The van der Waals surface area contributed by atoms with Crippen molar-refractivity contribution < 1.29 is 13.2 Å². The normalized spacial score (nSPS) is 14.2. The molecule has 0 spiro atoms. The van der Waals surface area contributed by atoms with E-state index in [0.29, 0.717) is 24.7 Å². The minimum atomic E-state index is -3.35. The summed E-state index contributed by atoms with van der Waals surface area (Å²) in [4.78, 5) is 17.1. The molecule has 0 aliphatic heterocycles. The maximum absolute atomic E-state index is 13.1. The van der Waals surface area contributed by atoms with Crippen molar-refractivity contribution >= 4 is 27.3 Å². The molecule has 1 N–H and O–H groups in total. The highest BCUT2D eigenvalue weighted by Gasteiger charge is 2.35. The number of anilines is 2. The minimum Gasteiger partial charge on any atom is -0.377 e. The topological polar surface area (TPSA) is 69.7 Å². The second-order valence-corrected chi connectivity index (χ2v) is 9.71. The van der Waals surface area contributed by atoms with E-state index in [-0.39, 0.29) is 17.6 Å². The monoisotopic (exact) mass is 409 g/mol.